The highest BCUT2D eigenvalue weighted by molar-refractivity contribution is 7.10. The molecule has 0 saturated heterocycles. The number of nitrogens with one attached hydrogen (secondary N) is 1. The lowest BCUT2D eigenvalue weighted by atomic mass is 9.98. The van der Waals surface area contributed by atoms with Gasteiger partial charge in [0.15, 0.2) is 6.61 Å². The summed E-state index contributed by atoms with van der Waals surface area (Å²) in [6.07, 6.45) is 3.00. The van der Waals surface area contributed by atoms with Crippen molar-refractivity contribution in [1.82, 2.24) is 0 Å². The van der Waals surface area contributed by atoms with E-state index in [1.807, 2.05) is 42.6 Å². The van der Waals surface area contributed by atoms with E-state index in [-0.39, 0.29) is 18.4 Å². The van der Waals surface area contributed by atoms with Gasteiger partial charge in [0.25, 0.3) is 5.91 Å². The molecule has 1 heterocycles. The Hall–Kier alpha value is -2.40. The summed E-state index contributed by atoms with van der Waals surface area (Å²) in [6.45, 7) is 5.77. The second kappa shape index (κ2) is 8.45. The minimum Gasteiger partial charge on any atom is -0.452 e. The normalized spacial score (nSPS) is 11.0. The number of aryl methyl sites for hydroxylation is 1. The van der Waals surface area contributed by atoms with Crippen molar-refractivity contribution in [1.29, 1.82) is 0 Å². The lowest BCUT2D eigenvalue weighted by Crippen LogP contribution is -2.21. The number of thiophene rings is 1. The highest BCUT2D eigenvalue weighted by Gasteiger charge is 2.13. The van der Waals surface area contributed by atoms with E-state index in [1.54, 1.807) is 6.08 Å². The molecule has 1 N–H and O–H groups in total. The predicted molar refractivity (Wildman–Crippen MR) is 98.2 cm³/mol. The minimum absolute atomic E-state index is 0.288. The SMILES string of the molecule is Cc1cccc(C(C)C)c1NC(=O)COC(=O)/C=C/c1cccs1. The molecule has 0 atom stereocenters. The average molecular weight is 343 g/mol. The van der Waals surface area contributed by atoms with Crippen molar-refractivity contribution in [3.8, 4) is 0 Å². The van der Waals surface area contributed by atoms with Crippen LogP contribution < -0.4 is 5.32 Å². The Bertz CT molecular complexity index is 733. The third-order valence-corrected chi connectivity index (χ3v) is 4.30. The van der Waals surface area contributed by atoms with Crippen LogP contribution in [0.3, 0.4) is 0 Å². The van der Waals surface area contributed by atoms with Crippen LogP contribution in [0.25, 0.3) is 6.08 Å². The number of hydrogen-bond acceptors (Lipinski definition) is 4. The molecule has 0 aliphatic rings. The number of anilines is 1. The van der Waals surface area contributed by atoms with E-state index in [9.17, 15) is 9.59 Å². The van der Waals surface area contributed by atoms with Gasteiger partial charge in [0, 0.05) is 16.6 Å². The van der Waals surface area contributed by atoms with Gasteiger partial charge in [-0.2, -0.15) is 0 Å². The van der Waals surface area contributed by atoms with Gasteiger partial charge in [-0.1, -0.05) is 38.1 Å². The standard InChI is InChI=1S/C19H21NO3S/c1-13(2)16-8-4-6-14(3)19(16)20-17(21)12-23-18(22)10-9-15-7-5-11-24-15/h4-11,13H,12H2,1-3H3,(H,20,21)/b10-9+. The smallest absolute Gasteiger partial charge is 0.331 e. The van der Waals surface area contributed by atoms with Crippen molar-refractivity contribution in [2.45, 2.75) is 26.7 Å². The molecule has 4 nitrogen and oxygen atoms in total. The van der Waals surface area contributed by atoms with E-state index in [0.717, 1.165) is 21.7 Å². The van der Waals surface area contributed by atoms with Crippen LogP contribution in [0.5, 0.6) is 0 Å². The molecule has 0 spiro atoms. The summed E-state index contributed by atoms with van der Waals surface area (Å²) >= 11 is 1.52. The number of para-hydroxylation sites is 1. The predicted octanol–water partition coefficient (Wildman–Crippen LogP) is 4.38. The van der Waals surface area contributed by atoms with Gasteiger partial charge in [-0.15, -0.1) is 11.3 Å². The van der Waals surface area contributed by atoms with Gasteiger partial charge >= 0.3 is 5.97 Å². The maximum atomic E-state index is 12.1. The lowest BCUT2D eigenvalue weighted by Gasteiger charge is -2.16. The van der Waals surface area contributed by atoms with Gasteiger partial charge in [0.1, 0.15) is 0 Å². The Morgan fingerprint density at radius 1 is 1.25 bits per heavy atom. The van der Waals surface area contributed by atoms with Crippen molar-refractivity contribution in [2.75, 3.05) is 11.9 Å². The van der Waals surface area contributed by atoms with Gasteiger partial charge in [-0.25, -0.2) is 4.79 Å². The zero-order valence-corrected chi connectivity index (χ0v) is 14.9. The maximum Gasteiger partial charge on any atom is 0.331 e. The second-order valence-electron chi connectivity index (χ2n) is 5.70. The van der Waals surface area contributed by atoms with E-state index < -0.39 is 5.97 Å². The van der Waals surface area contributed by atoms with E-state index in [2.05, 4.69) is 19.2 Å². The molecule has 0 saturated carbocycles. The lowest BCUT2D eigenvalue weighted by molar-refractivity contribution is -0.142. The number of esters is 1. The zero-order valence-electron chi connectivity index (χ0n) is 14.0. The van der Waals surface area contributed by atoms with Gasteiger partial charge in [0.05, 0.1) is 0 Å². The molecule has 0 fully saturated rings. The fourth-order valence-corrected chi connectivity index (χ4v) is 2.86. The Morgan fingerprint density at radius 3 is 2.71 bits per heavy atom. The number of benzene rings is 1. The number of carbonyl (C=O) groups is 2. The number of hydrogen-bond donors (Lipinski definition) is 1. The van der Waals surface area contributed by atoms with Crippen LogP contribution in [-0.4, -0.2) is 18.5 Å². The molecule has 1 aromatic carbocycles. The third kappa shape index (κ3) is 5.06. The van der Waals surface area contributed by atoms with E-state index in [0.29, 0.717) is 0 Å². The number of amides is 1. The Morgan fingerprint density at radius 2 is 2.04 bits per heavy atom. The molecule has 0 unspecified atom stereocenters. The van der Waals surface area contributed by atoms with Crippen molar-refractivity contribution in [2.24, 2.45) is 0 Å². The summed E-state index contributed by atoms with van der Waals surface area (Å²) in [5.74, 6) is -0.590. The molecule has 0 bridgehead atoms. The van der Waals surface area contributed by atoms with Crippen LogP contribution in [0.4, 0.5) is 5.69 Å². The first-order chi connectivity index (χ1) is 11.5. The van der Waals surface area contributed by atoms with Crippen molar-refractivity contribution < 1.29 is 14.3 Å². The fraction of sp³-hybridized carbons (Fsp3) is 0.263. The highest BCUT2D eigenvalue weighted by Crippen LogP contribution is 2.27. The minimum atomic E-state index is -0.535. The van der Waals surface area contributed by atoms with E-state index in [1.165, 1.54) is 17.4 Å². The van der Waals surface area contributed by atoms with Gasteiger partial charge in [-0.3, -0.25) is 4.79 Å². The molecule has 126 valence electrons. The van der Waals surface area contributed by atoms with Crippen LogP contribution in [0.15, 0.2) is 41.8 Å². The first-order valence-electron chi connectivity index (χ1n) is 7.75. The number of ether oxygens (including phenoxy) is 1. The molecule has 0 radical (unpaired) electrons. The number of carbonyl (C=O) groups excluding carboxylic acids is 2. The zero-order chi connectivity index (χ0) is 17.5. The summed E-state index contributed by atoms with van der Waals surface area (Å²) in [5, 5.41) is 4.77. The molecule has 1 amide bonds. The van der Waals surface area contributed by atoms with Gasteiger partial charge < -0.3 is 10.1 Å². The van der Waals surface area contributed by atoms with Gasteiger partial charge in [-0.05, 0) is 41.5 Å². The van der Waals surface area contributed by atoms with Crippen LogP contribution in [-0.2, 0) is 14.3 Å². The molecule has 1 aromatic heterocycles. The molecule has 24 heavy (non-hydrogen) atoms. The Labute approximate surface area is 146 Å². The maximum absolute atomic E-state index is 12.1. The van der Waals surface area contributed by atoms with Crippen LogP contribution in [0.1, 0.15) is 35.8 Å². The monoisotopic (exact) mass is 343 g/mol. The quantitative estimate of drug-likeness (QED) is 0.626. The highest BCUT2D eigenvalue weighted by atomic mass is 32.1. The molecular weight excluding hydrogens is 322 g/mol. The second-order valence-corrected chi connectivity index (χ2v) is 6.68. The fourth-order valence-electron chi connectivity index (χ4n) is 2.24. The van der Waals surface area contributed by atoms with Crippen molar-refractivity contribution in [3.63, 3.8) is 0 Å². The van der Waals surface area contributed by atoms with E-state index >= 15 is 0 Å². The van der Waals surface area contributed by atoms with Crippen molar-refractivity contribution >= 4 is 35.0 Å². The molecule has 2 rings (SSSR count). The first-order valence-corrected chi connectivity index (χ1v) is 8.63. The molecular formula is C19H21NO3S. The van der Waals surface area contributed by atoms with Crippen molar-refractivity contribution in [3.05, 3.63) is 57.8 Å². The van der Waals surface area contributed by atoms with Crippen LogP contribution in [0.2, 0.25) is 0 Å². The topological polar surface area (TPSA) is 55.4 Å². The molecule has 0 aliphatic carbocycles. The van der Waals surface area contributed by atoms with Crippen LogP contribution in [0, 0.1) is 6.92 Å². The number of rotatable bonds is 6. The third-order valence-electron chi connectivity index (χ3n) is 3.46. The first kappa shape index (κ1) is 17.9. The molecule has 2 aromatic rings. The molecule has 5 heteroatoms. The molecule has 0 aliphatic heterocycles. The Kier molecular flexibility index (Phi) is 6.32. The average Bonchev–Trinajstić information content (AvgIpc) is 3.06. The summed E-state index contributed by atoms with van der Waals surface area (Å²) in [7, 11) is 0. The van der Waals surface area contributed by atoms with E-state index in [4.69, 9.17) is 4.74 Å². The van der Waals surface area contributed by atoms with Crippen LogP contribution >= 0.6 is 11.3 Å². The largest absolute Gasteiger partial charge is 0.452 e. The summed E-state index contributed by atoms with van der Waals surface area (Å²) in [6, 6.07) is 9.69. The summed E-state index contributed by atoms with van der Waals surface area (Å²) in [4.78, 5) is 24.7. The van der Waals surface area contributed by atoms with Gasteiger partial charge in [0.2, 0.25) is 0 Å². The summed E-state index contributed by atoms with van der Waals surface area (Å²) in [5.41, 5.74) is 2.84. The summed E-state index contributed by atoms with van der Waals surface area (Å²) < 4.78 is 4.98. The Balaban J connectivity index is 1.91.